The lowest BCUT2D eigenvalue weighted by atomic mass is 10.1. The van der Waals surface area contributed by atoms with E-state index in [2.05, 4.69) is 5.32 Å². The fraction of sp³-hybridized carbons (Fsp3) is 0.409. The summed E-state index contributed by atoms with van der Waals surface area (Å²) in [5.41, 5.74) is 6.60. The summed E-state index contributed by atoms with van der Waals surface area (Å²) < 4.78 is 10.5. The third-order valence-electron chi connectivity index (χ3n) is 4.53. The maximum atomic E-state index is 11.7. The number of benzene rings is 2. The fourth-order valence-corrected chi connectivity index (χ4v) is 3.31. The standard InChI is InChI=1S/C22H28Cl2N2O5/c23-16-12-15(13-17(24)22(16)25)19(28)14-26-9-5-1-2-8-21(29)31-11-10-30-20-7-4-3-6-18(20)27/h3-4,6-7,12-13,19,26-28H,1-2,5,8-11,14,25H2. The maximum Gasteiger partial charge on any atom is 0.305 e. The van der Waals surface area contributed by atoms with Gasteiger partial charge >= 0.3 is 5.97 Å². The Kier molecular flexibility index (Phi) is 10.7. The second kappa shape index (κ2) is 13.3. The van der Waals surface area contributed by atoms with Crippen LogP contribution >= 0.6 is 23.2 Å². The average Bonchev–Trinajstić information content (AvgIpc) is 2.75. The summed E-state index contributed by atoms with van der Waals surface area (Å²) in [7, 11) is 0. The molecule has 5 N–H and O–H groups in total. The highest BCUT2D eigenvalue weighted by molar-refractivity contribution is 6.38. The highest BCUT2D eigenvalue weighted by Crippen LogP contribution is 2.31. The molecular formula is C22H28Cl2N2O5. The average molecular weight is 471 g/mol. The van der Waals surface area contributed by atoms with Crippen molar-refractivity contribution in [3.8, 4) is 11.5 Å². The SMILES string of the molecule is Nc1c(Cl)cc(C(O)CNCCCCCC(=O)OCCOc2ccccc2O)cc1Cl. The number of hydrogen-bond acceptors (Lipinski definition) is 7. The van der Waals surface area contributed by atoms with Gasteiger partial charge in [0.15, 0.2) is 11.5 Å². The number of aliphatic hydroxyl groups is 1. The number of phenols is 1. The van der Waals surface area contributed by atoms with E-state index < -0.39 is 6.10 Å². The van der Waals surface area contributed by atoms with Gasteiger partial charge in [0.05, 0.1) is 21.8 Å². The van der Waals surface area contributed by atoms with Gasteiger partial charge in [-0.2, -0.15) is 0 Å². The molecule has 0 aliphatic rings. The third kappa shape index (κ3) is 8.83. The lowest BCUT2D eigenvalue weighted by Crippen LogP contribution is -2.22. The van der Waals surface area contributed by atoms with Crippen molar-refractivity contribution in [3.63, 3.8) is 0 Å². The Bertz CT molecular complexity index is 827. The van der Waals surface area contributed by atoms with Gasteiger partial charge in [-0.15, -0.1) is 0 Å². The number of unbranched alkanes of at least 4 members (excludes halogenated alkanes) is 2. The van der Waals surface area contributed by atoms with Gasteiger partial charge in [0.25, 0.3) is 0 Å². The first-order valence-electron chi connectivity index (χ1n) is 10.1. The quantitative estimate of drug-likeness (QED) is 0.198. The number of carbonyl (C=O) groups is 1. The van der Waals surface area contributed by atoms with Gasteiger partial charge < -0.3 is 30.7 Å². The molecule has 0 heterocycles. The number of rotatable bonds is 13. The van der Waals surface area contributed by atoms with Gasteiger partial charge in [-0.3, -0.25) is 4.79 Å². The van der Waals surface area contributed by atoms with Crippen LogP contribution in [0, 0.1) is 0 Å². The Balaban J connectivity index is 1.49. The Morgan fingerprint density at radius 3 is 2.52 bits per heavy atom. The van der Waals surface area contributed by atoms with Crippen LogP contribution in [0.5, 0.6) is 11.5 Å². The van der Waals surface area contributed by atoms with Crippen LogP contribution in [0.15, 0.2) is 36.4 Å². The highest BCUT2D eigenvalue weighted by atomic mass is 35.5. The number of ether oxygens (including phenoxy) is 2. The van der Waals surface area contributed by atoms with E-state index in [1.807, 2.05) is 0 Å². The first kappa shape index (κ1) is 25.1. The van der Waals surface area contributed by atoms with E-state index in [4.69, 9.17) is 38.4 Å². The molecule has 0 bridgehead atoms. The van der Waals surface area contributed by atoms with Crippen LogP contribution in [0.2, 0.25) is 10.0 Å². The normalized spacial score (nSPS) is 11.8. The summed E-state index contributed by atoms with van der Waals surface area (Å²) in [5.74, 6) is 0.135. The number of nitrogens with two attached hydrogens (primary N) is 1. The molecule has 0 aliphatic heterocycles. The molecule has 0 saturated heterocycles. The summed E-state index contributed by atoms with van der Waals surface area (Å²) in [6.07, 6.45) is 2.02. The van der Waals surface area contributed by atoms with Crippen molar-refractivity contribution in [2.75, 3.05) is 32.0 Å². The molecule has 2 aromatic rings. The van der Waals surface area contributed by atoms with Crippen molar-refractivity contribution in [1.82, 2.24) is 5.32 Å². The van der Waals surface area contributed by atoms with Crippen molar-refractivity contribution in [2.24, 2.45) is 0 Å². The third-order valence-corrected chi connectivity index (χ3v) is 5.15. The summed E-state index contributed by atoms with van der Waals surface area (Å²) in [5, 5.41) is 23.6. The van der Waals surface area contributed by atoms with E-state index >= 15 is 0 Å². The molecule has 9 heteroatoms. The molecule has 1 atom stereocenters. The molecule has 0 fully saturated rings. The van der Waals surface area contributed by atoms with Crippen molar-refractivity contribution >= 4 is 34.9 Å². The molecule has 2 aromatic carbocycles. The van der Waals surface area contributed by atoms with Gasteiger partial charge in [-0.05, 0) is 49.2 Å². The molecule has 0 radical (unpaired) electrons. The summed E-state index contributed by atoms with van der Waals surface area (Å²) in [4.78, 5) is 11.7. The lowest BCUT2D eigenvalue weighted by Gasteiger charge is -2.14. The number of hydrogen-bond donors (Lipinski definition) is 4. The number of carbonyl (C=O) groups excluding carboxylic acids is 1. The Hall–Kier alpha value is -2.19. The number of anilines is 1. The van der Waals surface area contributed by atoms with Crippen LogP contribution in [-0.2, 0) is 9.53 Å². The van der Waals surface area contributed by atoms with Gasteiger partial charge in [0.2, 0.25) is 0 Å². The van der Waals surface area contributed by atoms with Crippen LogP contribution in [0.4, 0.5) is 5.69 Å². The number of aliphatic hydroxyl groups excluding tert-OH is 1. The second-order valence-electron chi connectivity index (χ2n) is 6.97. The first-order chi connectivity index (χ1) is 14.9. The van der Waals surface area contributed by atoms with Crippen LogP contribution in [0.25, 0.3) is 0 Å². The Morgan fingerprint density at radius 2 is 1.81 bits per heavy atom. The largest absolute Gasteiger partial charge is 0.504 e. The lowest BCUT2D eigenvalue weighted by molar-refractivity contribution is -0.144. The zero-order valence-electron chi connectivity index (χ0n) is 17.2. The summed E-state index contributed by atoms with van der Waals surface area (Å²) in [6.45, 7) is 1.37. The van der Waals surface area contributed by atoms with Gasteiger partial charge in [-0.1, -0.05) is 41.8 Å². The predicted octanol–water partition coefficient (Wildman–Crippen LogP) is 4.09. The number of para-hydroxylation sites is 2. The molecule has 170 valence electrons. The first-order valence-corrected chi connectivity index (χ1v) is 10.8. The fourth-order valence-electron chi connectivity index (χ4n) is 2.81. The molecule has 7 nitrogen and oxygen atoms in total. The number of aromatic hydroxyl groups is 1. The van der Waals surface area contributed by atoms with E-state index in [0.29, 0.717) is 53.0 Å². The zero-order chi connectivity index (χ0) is 22.6. The number of halogens is 2. The second-order valence-corrected chi connectivity index (χ2v) is 7.78. The summed E-state index contributed by atoms with van der Waals surface area (Å²) in [6, 6.07) is 9.83. The van der Waals surface area contributed by atoms with Crippen molar-refractivity contribution in [2.45, 2.75) is 31.8 Å². The van der Waals surface area contributed by atoms with E-state index in [-0.39, 0.29) is 24.9 Å². The molecular weight excluding hydrogens is 443 g/mol. The summed E-state index contributed by atoms with van der Waals surface area (Å²) >= 11 is 12.0. The predicted molar refractivity (Wildman–Crippen MR) is 122 cm³/mol. The highest BCUT2D eigenvalue weighted by Gasteiger charge is 2.12. The number of esters is 1. The van der Waals surface area contributed by atoms with Crippen LogP contribution in [-0.4, -0.2) is 42.5 Å². The minimum Gasteiger partial charge on any atom is -0.504 e. The van der Waals surface area contributed by atoms with Crippen molar-refractivity contribution in [1.29, 1.82) is 0 Å². The van der Waals surface area contributed by atoms with Crippen molar-refractivity contribution in [3.05, 3.63) is 52.0 Å². The van der Waals surface area contributed by atoms with E-state index in [9.17, 15) is 15.0 Å². The Morgan fingerprint density at radius 1 is 1.10 bits per heavy atom. The smallest absolute Gasteiger partial charge is 0.305 e. The van der Waals surface area contributed by atoms with Crippen LogP contribution in [0.1, 0.15) is 37.4 Å². The molecule has 0 amide bonds. The van der Waals surface area contributed by atoms with Gasteiger partial charge in [0, 0.05) is 13.0 Å². The van der Waals surface area contributed by atoms with E-state index in [1.54, 1.807) is 30.3 Å². The topological polar surface area (TPSA) is 114 Å². The molecule has 0 spiro atoms. The van der Waals surface area contributed by atoms with E-state index in [0.717, 1.165) is 12.8 Å². The molecule has 0 aliphatic carbocycles. The van der Waals surface area contributed by atoms with Crippen LogP contribution in [0.3, 0.4) is 0 Å². The van der Waals surface area contributed by atoms with E-state index in [1.165, 1.54) is 6.07 Å². The van der Waals surface area contributed by atoms with Gasteiger partial charge in [-0.25, -0.2) is 0 Å². The number of phenolic OH excluding ortho intramolecular Hbond substituents is 1. The number of nitrogens with one attached hydrogen (secondary N) is 1. The maximum absolute atomic E-state index is 11.7. The van der Waals surface area contributed by atoms with Crippen LogP contribution < -0.4 is 15.8 Å². The van der Waals surface area contributed by atoms with Gasteiger partial charge in [0.1, 0.15) is 13.2 Å². The molecule has 0 aromatic heterocycles. The van der Waals surface area contributed by atoms with Crippen molar-refractivity contribution < 1.29 is 24.5 Å². The molecule has 31 heavy (non-hydrogen) atoms. The minimum atomic E-state index is -0.745. The zero-order valence-corrected chi connectivity index (χ0v) is 18.7. The number of nitrogen functional groups attached to an aromatic ring is 1. The molecule has 0 saturated carbocycles. The minimum absolute atomic E-state index is 0.0519. The Labute approximate surface area is 192 Å². The monoisotopic (exact) mass is 470 g/mol. The molecule has 1 unspecified atom stereocenters. The molecule has 2 rings (SSSR count).